The zero-order valence-corrected chi connectivity index (χ0v) is 15.5. The highest BCUT2D eigenvalue weighted by atomic mass is 79.9. The predicted molar refractivity (Wildman–Crippen MR) is 95.7 cm³/mol. The van der Waals surface area contributed by atoms with Crippen LogP contribution in [0.1, 0.15) is 5.56 Å². The third kappa shape index (κ3) is 2.97. The van der Waals surface area contributed by atoms with E-state index in [4.69, 9.17) is 4.74 Å². The highest BCUT2D eigenvalue weighted by Gasteiger charge is 2.22. The van der Waals surface area contributed by atoms with Crippen molar-refractivity contribution in [1.82, 2.24) is 8.96 Å². The molecule has 1 heterocycles. The van der Waals surface area contributed by atoms with Gasteiger partial charge >= 0.3 is 0 Å². The molecule has 0 unspecified atom stereocenters. The van der Waals surface area contributed by atoms with Crippen molar-refractivity contribution in [2.45, 2.75) is 11.8 Å². The van der Waals surface area contributed by atoms with Crippen LogP contribution in [0.4, 0.5) is 0 Å². The average Bonchev–Trinajstić information content (AvgIpc) is 3.05. The minimum absolute atomic E-state index is 0.210. The molecule has 0 aliphatic heterocycles. The number of aromatic nitrogens is 2. The van der Waals surface area contributed by atoms with E-state index in [1.54, 1.807) is 36.4 Å². The Labute approximate surface area is 149 Å². The molecule has 3 aromatic rings. The largest absolute Gasteiger partial charge is 0.496 e. The smallest absolute Gasteiger partial charge is 0.269 e. The van der Waals surface area contributed by atoms with Gasteiger partial charge in [0.1, 0.15) is 5.75 Å². The number of halogens is 1. The normalized spacial score (nSPS) is 11.5. The van der Waals surface area contributed by atoms with E-state index in [1.165, 1.54) is 23.5 Å². The van der Waals surface area contributed by atoms with E-state index < -0.39 is 10.0 Å². The zero-order chi connectivity index (χ0) is 17.3. The van der Waals surface area contributed by atoms with Crippen LogP contribution >= 0.6 is 15.9 Å². The van der Waals surface area contributed by atoms with Crippen molar-refractivity contribution < 1.29 is 13.2 Å². The minimum Gasteiger partial charge on any atom is -0.496 e. The number of nitrogens with zero attached hydrogens (tertiary/aromatic N) is 2. The number of ether oxygens (including phenoxy) is 1. The molecule has 0 aliphatic carbocycles. The molecule has 0 N–H and O–H groups in total. The molecular formula is C17H15BrN2O3S. The maximum atomic E-state index is 13.0. The molecule has 5 nitrogen and oxygen atoms in total. The third-order valence-electron chi connectivity index (χ3n) is 3.59. The molecule has 0 bridgehead atoms. The zero-order valence-electron chi connectivity index (χ0n) is 13.1. The summed E-state index contributed by atoms with van der Waals surface area (Å²) in [6, 6.07) is 12.1. The summed E-state index contributed by atoms with van der Waals surface area (Å²) in [4.78, 5) is 4.44. The summed E-state index contributed by atoms with van der Waals surface area (Å²) >= 11 is 3.40. The Morgan fingerprint density at radius 2 is 1.83 bits per heavy atom. The average molecular weight is 407 g/mol. The summed E-state index contributed by atoms with van der Waals surface area (Å²) in [5.74, 6) is 0.846. The topological polar surface area (TPSA) is 61.2 Å². The summed E-state index contributed by atoms with van der Waals surface area (Å²) in [5, 5.41) is 0. The van der Waals surface area contributed by atoms with Crippen molar-refractivity contribution in [1.29, 1.82) is 0 Å². The van der Waals surface area contributed by atoms with Gasteiger partial charge in [0.05, 0.1) is 17.6 Å². The summed E-state index contributed by atoms with van der Waals surface area (Å²) in [7, 11) is -2.21. The van der Waals surface area contributed by atoms with Crippen LogP contribution in [0.25, 0.3) is 11.4 Å². The van der Waals surface area contributed by atoms with E-state index in [0.717, 1.165) is 10.0 Å². The van der Waals surface area contributed by atoms with Crippen molar-refractivity contribution >= 4 is 26.0 Å². The maximum Gasteiger partial charge on any atom is 0.269 e. The molecular weight excluding hydrogens is 392 g/mol. The summed E-state index contributed by atoms with van der Waals surface area (Å²) in [6.07, 6.45) is 2.90. The Morgan fingerprint density at radius 3 is 2.50 bits per heavy atom. The molecule has 124 valence electrons. The van der Waals surface area contributed by atoms with E-state index in [-0.39, 0.29) is 4.90 Å². The molecule has 0 amide bonds. The molecule has 0 spiro atoms. The monoisotopic (exact) mass is 406 g/mol. The van der Waals surface area contributed by atoms with Gasteiger partial charge in [-0.1, -0.05) is 33.6 Å². The first kappa shape index (κ1) is 16.7. The molecule has 0 aliphatic rings. The highest BCUT2D eigenvalue weighted by Crippen LogP contribution is 2.33. The van der Waals surface area contributed by atoms with Crippen molar-refractivity contribution in [2.24, 2.45) is 0 Å². The molecule has 24 heavy (non-hydrogen) atoms. The molecule has 2 aromatic carbocycles. The number of imidazole rings is 1. The van der Waals surface area contributed by atoms with Gasteiger partial charge in [0.25, 0.3) is 10.0 Å². The Kier molecular flexibility index (Phi) is 4.47. The van der Waals surface area contributed by atoms with Crippen molar-refractivity contribution in [3.63, 3.8) is 0 Å². The maximum absolute atomic E-state index is 13.0. The van der Waals surface area contributed by atoms with E-state index in [9.17, 15) is 8.42 Å². The number of rotatable bonds is 4. The van der Waals surface area contributed by atoms with Crippen LogP contribution in [-0.2, 0) is 10.0 Å². The molecule has 0 radical (unpaired) electrons. The minimum atomic E-state index is -3.75. The number of benzene rings is 2. The number of methoxy groups -OCH3 is 1. The number of hydrogen-bond donors (Lipinski definition) is 0. The van der Waals surface area contributed by atoms with Gasteiger partial charge in [0.15, 0.2) is 5.82 Å². The van der Waals surface area contributed by atoms with Crippen molar-refractivity contribution in [2.75, 3.05) is 7.11 Å². The molecule has 0 fully saturated rings. The van der Waals surface area contributed by atoms with Crippen molar-refractivity contribution in [3.8, 4) is 17.1 Å². The van der Waals surface area contributed by atoms with Crippen LogP contribution in [0.15, 0.2) is 64.2 Å². The van der Waals surface area contributed by atoms with Gasteiger partial charge in [0, 0.05) is 16.9 Å². The number of hydrogen-bond acceptors (Lipinski definition) is 4. The fraction of sp³-hybridized carbons (Fsp3) is 0.118. The Balaban J connectivity index is 2.18. The van der Waals surface area contributed by atoms with E-state index in [2.05, 4.69) is 20.9 Å². The first-order valence-corrected chi connectivity index (χ1v) is 9.36. The lowest BCUT2D eigenvalue weighted by Gasteiger charge is -2.12. The Hall–Kier alpha value is -2.12. The molecule has 1 aromatic heterocycles. The molecule has 7 heteroatoms. The van der Waals surface area contributed by atoms with Gasteiger partial charge in [-0.15, -0.1) is 0 Å². The van der Waals surface area contributed by atoms with Crippen molar-refractivity contribution in [3.05, 3.63) is 64.9 Å². The standard InChI is InChI=1S/C17H15BrN2O3S/c1-12-3-6-14(7-4-12)24(21,22)20-10-9-19-17(20)15-11-13(18)5-8-16(15)23-2/h3-11H,1-2H3. The van der Waals surface area contributed by atoms with Crippen LogP contribution in [0.3, 0.4) is 0 Å². The van der Waals surface area contributed by atoms with Crippen LogP contribution in [0.5, 0.6) is 5.75 Å². The highest BCUT2D eigenvalue weighted by molar-refractivity contribution is 9.10. The second-order valence-electron chi connectivity index (χ2n) is 5.21. The first-order valence-electron chi connectivity index (χ1n) is 7.13. The van der Waals surface area contributed by atoms with Crippen LogP contribution in [-0.4, -0.2) is 24.5 Å². The molecule has 0 atom stereocenters. The van der Waals surface area contributed by atoms with Gasteiger partial charge in [-0.3, -0.25) is 0 Å². The van der Waals surface area contributed by atoms with Gasteiger partial charge < -0.3 is 4.74 Å². The lowest BCUT2D eigenvalue weighted by molar-refractivity contribution is 0.416. The van der Waals surface area contributed by atoms with E-state index in [1.807, 2.05) is 13.0 Å². The summed E-state index contributed by atoms with van der Waals surface area (Å²) in [6.45, 7) is 1.91. The third-order valence-corrected chi connectivity index (χ3v) is 5.76. The quantitative estimate of drug-likeness (QED) is 0.659. The van der Waals surface area contributed by atoms with Gasteiger partial charge in [-0.05, 0) is 37.3 Å². The second kappa shape index (κ2) is 6.41. The molecule has 3 rings (SSSR count). The number of aryl methyl sites for hydroxylation is 1. The molecule has 0 saturated heterocycles. The SMILES string of the molecule is COc1ccc(Br)cc1-c1nccn1S(=O)(=O)c1ccc(C)cc1. The summed E-state index contributed by atoms with van der Waals surface area (Å²) < 4.78 is 33.2. The fourth-order valence-electron chi connectivity index (χ4n) is 2.35. The predicted octanol–water partition coefficient (Wildman–Crippen LogP) is 3.87. The molecule has 0 saturated carbocycles. The van der Waals surface area contributed by atoms with Crippen LogP contribution in [0.2, 0.25) is 0 Å². The lowest BCUT2D eigenvalue weighted by atomic mass is 10.2. The Morgan fingerprint density at radius 1 is 1.12 bits per heavy atom. The van der Waals surface area contributed by atoms with Gasteiger partial charge in [-0.25, -0.2) is 17.4 Å². The van der Waals surface area contributed by atoms with Gasteiger partial charge in [0.2, 0.25) is 0 Å². The fourth-order valence-corrected chi connectivity index (χ4v) is 4.01. The Bertz CT molecular complexity index is 979. The second-order valence-corrected chi connectivity index (χ2v) is 7.94. The van der Waals surface area contributed by atoms with Crippen LogP contribution in [0, 0.1) is 6.92 Å². The van der Waals surface area contributed by atoms with E-state index in [0.29, 0.717) is 17.1 Å². The summed E-state index contributed by atoms with van der Waals surface area (Å²) in [5.41, 5.74) is 1.58. The van der Waals surface area contributed by atoms with E-state index >= 15 is 0 Å². The van der Waals surface area contributed by atoms with Crippen LogP contribution < -0.4 is 4.74 Å². The van der Waals surface area contributed by atoms with Gasteiger partial charge in [-0.2, -0.15) is 0 Å². The lowest BCUT2D eigenvalue weighted by Crippen LogP contribution is -2.13. The first-order chi connectivity index (χ1) is 11.4.